The van der Waals surface area contributed by atoms with Crippen molar-refractivity contribution in [1.29, 1.82) is 0 Å². The van der Waals surface area contributed by atoms with E-state index in [4.69, 9.17) is 4.74 Å². The predicted octanol–water partition coefficient (Wildman–Crippen LogP) is 2.27. The smallest absolute Gasteiger partial charge is 0.309 e. The lowest BCUT2D eigenvalue weighted by Gasteiger charge is -2.02. The molecule has 0 aromatic heterocycles. The Morgan fingerprint density at radius 2 is 2.07 bits per heavy atom. The molecule has 1 aromatic rings. The highest BCUT2D eigenvalue weighted by molar-refractivity contribution is 5.72. The molecule has 0 aliphatic carbocycles. The second-order valence-electron chi connectivity index (χ2n) is 2.92. The van der Waals surface area contributed by atoms with Crippen molar-refractivity contribution >= 4 is 12.0 Å². The fourth-order valence-corrected chi connectivity index (χ4v) is 1.17. The van der Waals surface area contributed by atoms with Gasteiger partial charge in [-0.25, -0.2) is 0 Å². The van der Waals surface area contributed by atoms with Gasteiger partial charge in [-0.1, -0.05) is 30.4 Å². The average molecular weight is 206 g/mol. The molecule has 0 fully saturated rings. The third-order valence-corrected chi connectivity index (χ3v) is 1.95. The molecular weight excluding hydrogens is 192 g/mol. The Bertz CT molecular complexity index is 356. The van der Waals surface area contributed by atoms with Gasteiger partial charge >= 0.3 is 5.97 Å². The minimum absolute atomic E-state index is 0.249. The Morgan fingerprint density at radius 1 is 1.33 bits per heavy atom. The molecule has 0 heterocycles. The van der Waals surface area contributed by atoms with E-state index in [0.29, 0.717) is 0 Å². The van der Waals surface area contributed by atoms with Crippen LogP contribution in [0.4, 0.5) is 0 Å². The lowest BCUT2D eigenvalue weighted by atomic mass is 10.2. The van der Waals surface area contributed by atoms with E-state index in [1.165, 1.54) is 7.11 Å². The topological polar surface area (TPSA) is 35.5 Å². The van der Waals surface area contributed by atoms with E-state index in [2.05, 4.69) is 4.74 Å². The first-order valence-corrected chi connectivity index (χ1v) is 4.64. The first-order valence-electron chi connectivity index (χ1n) is 4.64. The van der Waals surface area contributed by atoms with Crippen molar-refractivity contribution in [3.05, 3.63) is 35.9 Å². The maximum absolute atomic E-state index is 10.9. The number of benzene rings is 1. The SMILES string of the molecule is COC(=O)C/C=C\c1ccccc1OC. The molecule has 0 radical (unpaired) electrons. The summed E-state index contributed by atoms with van der Waals surface area (Å²) in [6, 6.07) is 7.61. The largest absolute Gasteiger partial charge is 0.496 e. The number of methoxy groups -OCH3 is 2. The van der Waals surface area contributed by atoms with Crippen LogP contribution in [0.3, 0.4) is 0 Å². The van der Waals surface area contributed by atoms with Crippen LogP contribution in [-0.2, 0) is 9.53 Å². The Hall–Kier alpha value is -1.77. The third-order valence-electron chi connectivity index (χ3n) is 1.95. The van der Waals surface area contributed by atoms with Gasteiger partial charge in [0.1, 0.15) is 5.75 Å². The van der Waals surface area contributed by atoms with Gasteiger partial charge in [0.15, 0.2) is 0 Å². The molecule has 0 amide bonds. The summed E-state index contributed by atoms with van der Waals surface area (Å²) in [5, 5.41) is 0. The molecule has 0 saturated carbocycles. The summed E-state index contributed by atoms with van der Waals surface area (Å²) >= 11 is 0. The Balaban J connectivity index is 2.67. The fraction of sp³-hybridized carbons (Fsp3) is 0.250. The number of carbonyl (C=O) groups is 1. The van der Waals surface area contributed by atoms with E-state index in [1.54, 1.807) is 13.2 Å². The van der Waals surface area contributed by atoms with Gasteiger partial charge in [0.05, 0.1) is 20.6 Å². The van der Waals surface area contributed by atoms with Gasteiger partial charge in [0, 0.05) is 5.56 Å². The molecule has 0 aliphatic heterocycles. The number of rotatable bonds is 4. The van der Waals surface area contributed by atoms with Crippen molar-refractivity contribution in [2.24, 2.45) is 0 Å². The molecule has 0 N–H and O–H groups in total. The monoisotopic (exact) mass is 206 g/mol. The van der Waals surface area contributed by atoms with Crippen LogP contribution in [0.5, 0.6) is 5.75 Å². The highest BCUT2D eigenvalue weighted by atomic mass is 16.5. The summed E-state index contributed by atoms with van der Waals surface area (Å²) in [6.07, 6.45) is 3.87. The van der Waals surface area contributed by atoms with Crippen molar-refractivity contribution < 1.29 is 14.3 Å². The van der Waals surface area contributed by atoms with E-state index in [-0.39, 0.29) is 12.4 Å². The van der Waals surface area contributed by atoms with Crippen LogP contribution < -0.4 is 4.74 Å². The number of hydrogen-bond donors (Lipinski definition) is 0. The van der Waals surface area contributed by atoms with Crippen LogP contribution in [0.1, 0.15) is 12.0 Å². The van der Waals surface area contributed by atoms with Crippen molar-refractivity contribution in [3.8, 4) is 5.75 Å². The molecule has 0 atom stereocenters. The van der Waals surface area contributed by atoms with Crippen LogP contribution in [0, 0.1) is 0 Å². The number of ether oxygens (including phenoxy) is 2. The van der Waals surface area contributed by atoms with Gasteiger partial charge in [-0.2, -0.15) is 0 Å². The lowest BCUT2D eigenvalue weighted by molar-refractivity contribution is -0.139. The van der Waals surface area contributed by atoms with E-state index in [0.717, 1.165) is 11.3 Å². The zero-order chi connectivity index (χ0) is 11.1. The van der Waals surface area contributed by atoms with Crippen LogP contribution in [-0.4, -0.2) is 20.2 Å². The molecule has 0 spiro atoms. The summed E-state index contributed by atoms with van der Waals surface area (Å²) < 4.78 is 9.69. The second kappa shape index (κ2) is 5.86. The summed E-state index contributed by atoms with van der Waals surface area (Å²) in [5.74, 6) is 0.541. The normalized spacial score (nSPS) is 10.3. The van der Waals surface area contributed by atoms with Crippen LogP contribution >= 0.6 is 0 Å². The van der Waals surface area contributed by atoms with E-state index in [9.17, 15) is 4.79 Å². The van der Waals surface area contributed by atoms with Crippen molar-refractivity contribution in [2.75, 3.05) is 14.2 Å². The molecule has 0 unspecified atom stereocenters. The number of carbonyl (C=O) groups excluding carboxylic acids is 1. The quantitative estimate of drug-likeness (QED) is 0.709. The van der Waals surface area contributed by atoms with Crippen molar-refractivity contribution in [2.45, 2.75) is 6.42 Å². The molecule has 1 rings (SSSR count). The average Bonchev–Trinajstić information content (AvgIpc) is 2.29. The van der Waals surface area contributed by atoms with Gasteiger partial charge in [-0.3, -0.25) is 4.79 Å². The summed E-state index contributed by atoms with van der Waals surface area (Å²) in [7, 11) is 2.99. The van der Waals surface area contributed by atoms with Crippen molar-refractivity contribution in [3.63, 3.8) is 0 Å². The Morgan fingerprint density at radius 3 is 2.73 bits per heavy atom. The Labute approximate surface area is 89.3 Å². The zero-order valence-electron chi connectivity index (χ0n) is 8.90. The molecule has 80 valence electrons. The third kappa shape index (κ3) is 3.46. The number of esters is 1. The van der Waals surface area contributed by atoms with E-state index in [1.807, 2.05) is 30.3 Å². The highest BCUT2D eigenvalue weighted by Crippen LogP contribution is 2.18. The molecule has 3 heteroatoms. The summed E-state index contributed by atoms with van der Waals surface area (Å²) in [5.41, 5.74) is 0.948. The fourth-order valence-electron chi connectivity index (χ4n) is 1.17. The summed E-state index contributed by atoms with van der Waals surface area (Å²) in [4.78, 5) is 10.9. The minimum atomic E-state index is -0.249. The minimum Gasteiger partial charge on any atom is -0.496 e. The molecule has 0 bridgehead atoms. The molecule has 1 aromatic carbocycles. The first-order chi connectivity index (χ1) is 7.27. The molecule has 15 heavy (non-hydrogen) atoms. The first kappa shape index (κ1) is 11.3. The predicted molar refractivity (Wildman–Crippen MR) is 58.7 cm³/mol. The zero-order valence-corrected chi connectivity index (χ0v) is 8.90. The lowest BCUT2D eigenvalue weighted by Crippen LogP contribution is -1.96. The van der Waals surface area contributed by atoms with Crippen molar-refractivity contribution in [1.82, 2.24) is 0 Å². The molecule has 3 nitrogen and oxygen atoms in total. The van der Waals surface area contributed by atoms with Crippen LogP contribution in [0.15, 0.2) is 30.3 Å². The second-order valence-corrected chi connectivity index (χ2v) is 2.92. The van der Waals surface area contributed by atoms with Gasteiger partial charge < -0.3 is 9.47 Å². The van der Waals surface area contributed by atoms with Gasteiger partial charge in [-0.05, 0) is 6.07 Å². The van der Waals surface area contributed by atoms with Gasteiger partial charge in [0.2, 0.25) is 0 Å². The van der Waals surface area contributed by atoms with Gasteiger partial charge in [0.25, 0.3) is 0 Å². The highest BCUT2D eigenvalue weighted by Gasteiger charge is 1.98. The molecule has 0 saturated heterocycles. The summed E-state index contributed by atoms with van der Waals surface area (Å²) in [6.45, 7) is 0. The Kier molecular flexibility index (Phi) is 4.41. The maximum atomic E-state index is 10.9. The van der Waals surface area contributed by atoms with E-state index < -0.39 is 0 Å². The van der Waals surface area contributed by atoms with Crippen LogP contribution in [0.2, 0.25) is 0 Å². The maximum Gasteiger partial charge on any atom is 0.309 e. The molecular formula is C12H14O3. The van der Waals surface area contributed by atoms with Crippen LogP contribution in [0.25, 0.3) is 6.08 Å². The van der Waals surface area contributed by atoms with E-state index >= 15 is 0 Å². The molecule has 0 aliphatic rings. The number of para-hydroxylation sites is 1. The standard InChI is InChI=1S/C12H14O3/c1-14-11-8-4-3-6-10(11)7-5-9-12(13)15-2/h3-8H,9H2,1-2H3/b7-5-. The van der Waals surface area contributed by atoms with Gasteiger partial charge in [-0.15, -0.1) is 0 Å². The number of hydrogen-bond acceptors (Lipinski definition) is 3.